The second-order valence-corrected chi connectivity index (χ2v) is 3.98. The molecule has 0 bridgehead atoms. The second-order valence-electron chi connectivity index (χ2n) is 3.98. The van der Waals surface area contributed by atoms with E-state index in [0.29, 0.717) is 0 Å². The molecule has 0 spiro atoms. The summed E-state index contributed by atoms with van der Waals surface area (Å²) in [5.41, 5.74) is -0.674. The van der Waals surface area contributed by atoms with E-state index in [4.69, 9.17) is 9.84 Å². The van der Waals surface area contributed by atoms with Gasteiger partial charge in [0.1, 0.15) is 11.4 Å². The summed E-state index contributed by atoms with van der Waals surface area (Å²) in [5, 5.41) is 11.3. The average Bonchev–Trinajstić information content (AvgIpc) is 2.48. The van der Waals surface area contributed by atoms with Gasteiger partial charge in [0.05, 0.1) is 18.4 Å². The number of nitrogens with zero attached hydrogens (tertiary/aromatic N) is 1. The van der Waals surface area contributed by atoms with E-state index in [0.717, 1.165) is 6.07 Å². The normalized spacial score (nSPS) is 10.0. The number of carboxylic acids is 1. The third kappa shape index (κ3) is 2.97. The molecular weight excluding hydrogens is 279 g/mol. The number of methoxy groups -OCH3 is 1. The van der Waals surface area contributed by atoms with Crippen LogP contribution < -0.4 is 10.1 Å². The van der Waals surface area contributed by atoms with Gasteiger partial charge in [-0.05, 0) is 24.3 Å². The van der Waals surface area contributed by atoms with Gasteiger partial charge in [0.2, 0.25) is 5.88 Å². The molecule has 0 unspecified atom stereocenters. The lowest BCUT2D eigenvalue weighted by atomic mass is 10.1. The summed E-state index contributed by atoms with van der Waals surface area (Å²) in [7, 11) is 1.34. The van der Waals surface area contributed by atoms with E-state index < -0.39 is 23.4 Å². The highest BCUT2D eigenvalue weighted by molar-refractivity contribution is 6.08. The fourth-order valence-corrected chi connectivity index (χ4v) is 1.74. The van der Waals surface area contributed by atoms with Gasteiger partial charge >= 0.3 is 5.97 Å². The van der Waals surface area contributed by atoms with E-state index in [1.54, 1.807) is 0 Å². The standard InChI is InChI=1S/C14H11FN2O4/c1-21-13-9(5-3-7-16-13)12(18)17-11-8(14(19)20)4-2-6-10(11)15/h2-7H,1H3,(H,17,18)(H,19,20). The first-order valence-electron chi connectivity index (χ1n) is 5.86. The van der Waals surface area contributed by atoms with Gasteiger partial charge in [-0.3, -0.25) is 4.79 Å². The molecule has 2 rings (SSSR count). The van der Waals surface area contributed by atoms with Gasteiger partial charge in [-0.1, -0.05) is 6.07 Å². The number of rotatable bonds is 4. The van der Waals surface area contributed by atoms with Crippen molar-refractivity contribution in [3.8, 4) is 5.88 Å². The van der Waals surface area contributed by atoms with Crippen molar-refractivity contribution in [2.75, 3.05) is 12.4 Å². The summed E-state index contributed by atoms with van der Waals surface area (Å²) in [6.07, 6.45) is 1.43. The highest BCUT2D eigenvalue weighted by Crippen LogP contribution is 2.22. The molecule has 0 radical (unpaired) electrons. The van der Waals surface area contributed by atoms with E-state index >= 15 is 0 Å². The maximum Gasteiger partial charge on any atom is 0.337 e. The zero-order chi connectivity index (χ0) is 15.4. The van der Waals surface area contributed by atoms with Crippen LogP contribution in [0.25, 0.3) is 0 Å². The number of hydrogen-bond acceptors (Lipinski definition) is 4. The van der Waals surface area contributed by atoms with E-state index in [1.807, 2.05) is 0 Å². The molecule has 108 valence electrons. The Balaban J connectivity index is 2.38. The summed E-state index contributed by atoms with van der Waals surface area (Å²) >= 11 is 0. The Morgan fingerprint density at radius 1 is 1.24 bits per heavy atom. The summed E-state index contributed by atoms with van der Waals surface area (Å²) in [5.74, 6) is -2.84. The maximum absolute atomic E-state index is 13.7. The smallest absolute Gasteiger partial charge is 0.337 e. The lowest BCUT2D eigenvalue weighted by Crippen LogP contribution is -2.17. The van der Waals surface area contributed by atoms with Crippen molar-refractivity contribution in [1.29, 1.82) is 0 Å². The highest BCUT2D eigenvalue weighted by atomic mass is 19.1. The van der Waals surface area contributed by atoms with Gasteiger partial charge in [0, 0.05) is 6.20 Å². The van der Waals surface area contributed by atoms with Crippen LogP contribution in [0, 0.1) is 5.82 Å². The van der Waals surface area contributed by atoms with Crippen molar-refractivity contribution in [2.24, 2.45) is 0 Å². The summed E-state index contributed by atoms with van der Waals surface area (Å²) in [6.45, 7) is 0. The van der Waals surface area contributed by atoms with E-state index in [9.17, 15) is 14.0 Å². The molecule has 0 aliphatic rings. The Labute approximate surface area is 119 Å². The first-order chi connectivity index (χ1) is 10.0. The average molecular weight is 290 g/mol. The minimum Gasteiger partial charge on any atom is -0.480 e. The van der Waals surface area contributed by atoms with Crippen LogP contribution >= 0.6 is 0 Å². The third-order valence-corrected chi connectivity index (χ3v) is 2.69. The molecule has 1 heterocycles. The molecule has 6 nitrogen and oxygen atoms in total. The highest BCUT2D eigenvalue weighted by Gasteiger charge is 2.19. The molecule has 2 N–H and O–H groups in total. The molecule has 21 heavy (non-hydrogen) atoms. The number of carbonyl (C=O) groups excluding carboxylic acids is 1. The topological polar surface area (TPSA) is 88.5 Å². The SMILES string of the molecule is COc1ncccc1C(=O)Nc1c(F)cccc1C(=O)O. The molecule has 2 aromatic rings. The van der Waals surface area contributed by atoms with Gasteiger partial charge in [-0.15, -0.1) is 0 Å². The van der Waals surface area contributed by atoms with E-state index in [-0.39, 0.29) is 17.0 Å². The van der Waals surface area contributed by atoms with Crippen LogP contribution in [0.4, 0.5) is 10.1 Å². The number of benzene rings is 1. The van der Waals surface area contributed by atoms with Gasteiger partial charge in [-0.25, -0.2) is 14.2 Å². The summed E-state index contributed by atoms with van der Waals surface area (Å²) in [4.78, 5) is 27.0. The zero-order valence-corrected chi connectivity index (χ0v) is 11.0. The van der Waals surface area contributed by atoms with Gasteiger partial charge in [0.15, 0.2) is 0 Å². The largest absolute Gasteiger partial charge is 0.480 e. The number of aromatic carboxylic acids is 1. The van der Waals surface area contributed by atoms with Crippen LogP contribution in [-0.2, 0) is 0 Å². The molecule has 1 aromatic carbocycles. The van der Waals surface area contributed by atoms with Crippen LogP contribution in [0.2, 0.25) is 0 Å². The third-order valence-electron chi connectivity index (χ3n) is 2.69. The van der Waals surface area contributed by atoms with Crippen molar-refractivity contribution >= 4 is 17.6 Å². The molecule has 0 saturated carbocycles. The van der Waals surface area contributed by atoms with Gasteiger partial charge in [-0.2, -0.15) is 0 Å². The molecule has 0 aliphatic carbocycles. The number of halogens is 1. The van der Waals surface area contributed by atoms with Gasteiger partial charge < -0.3 is 15.2 Å². The maximum atomic E-state index is 13.7. The number of ether oxygens (including phenoxy) is 1. The Morgan fingerprint density at radius 3 is 2.62 bits per heavy atom. The predicted octanol–water partition coefficient (Wildman–Crippen LogP) is 2.18. The number of pyridine rings is 1. The number of nitrogens with one attached hydrogen (secondary N) is 1. The lowest BCUT2D eigenvalue weighted by Gasteiger charge is -2.11. The van der Waals surface area contributed by atoms with Crippen molar-refractivity contribution in [1.82, 2.24) is 4.98 Å². The van der Waals surface area contributed by atoms with Crippen LogP contribution in [0.15, 0.2) is 36.5 Å². The first-order valence-corrected chi connectivity index (χ1v) is 5.86. The van der Waals surface area contributed by atoms with Crippen molar-refractivity contribution in [2.45, 2.75) is 0 Å². The number of anilines is 1. The Bertz CT molecular complexity index is 703. The number of hydrogen-bond donors (Lipinski definition) is 2. The quantitative estimate of drug-likeness (QED) is 0.901. The monoisotopic (exact) mass is 290 g/mol. The molecule has 0 aliphatic heterocycles. The van der Waals surface area contributed by atoms with Crippen LogP contribution in [0.3, 0.4) is 0 Å². The fourth-order valence-electron chi connectivity index (χ4n) is 1.74. The zero-order valence-electron chi connectivity index (χ0n) is 11.0. The molecule has 1 amide bonds. The molecule has 7 heteroatoms. The number of para-hydroxylation sites is 1. The van der Waals surface area contributed by atoms with E-state index in [2.05, 4.69) is 10.3 Å². The van der Waals surface area contributed by atoms with E-state index in [1.165, 1.54) is 37.6 Å². The Morgan fingerprint density at radius 2 is 1.95 bits per heavy atom. The fraction of sp³-hybridized carbons (Fsp3) is 0.0714. The summed E-state index contributed by atoms with van der Waals surface area (Å²) < 4.78 is 18.7. The van der Waals surface area contributed by atoms with Crippen molar-refractivity contribution in [3.05, 3.63) is 53.5 Å². The molecule has 0 fully saturated rings. The molecular formula is C14H11FN2O4. The molecule has 1 aromatic heterocycles. The molecule has 0 atom stereocenters. The molecule has 0 saturated heterocycles. The van der Waals surface area contributed by atoms with Crippen molar-refractivity contribution < 1.29 is 23.8 Å². The number of carboxylic acid groups (broad SMARTS) is 1. The van der Waals surface area contributed by atoms with Crippen LogP contribution in [-0.4, -0.2) is 29.1 Å². The number of amides is 1. The van der Waals surface area contributed by atoms with Crippen LogP contribution in [0.1, 0.15) is 20.7 Å². The second kappa shape index (κ2) is 6.00. The minimum atomic E-state index is -1.34. The van der Waals surface area contributed by atoms with Crippen molar-refractivity contribution in [3.63, 3.8) is 0 Å². The number of carbonyl (C=O) groups is 2. The lowest BCUT2D eigenvalue weighted by molar-refractivity contribution is 0.0697. The minimum absolute atomic E-state index is 0.0585. The summed E-state index contributed by atoms with van der Waals surface area (Å²) in [6, 6.07) is 6.45. The Hall–Kier alpha value is -2.96. The van der Waals surface area contributed by atoms with Gasteiger partial charge in [0.25, 0.3) is 5.91 Å². The Kier molecular flexibility index (Phi) is 4.13. The predicted molar refractivity (Wildman–Crippen MR) is 72.1 cm³/mol. The first kappa shape index (κ1) is 14.4. The van der Waals surface area contributed by atoms with Crippen LogP contribution in [0.5, 0.6) is 5.88 Å². The number of aromatic nitrogens is 1.